The molecule has 0 aromatic heterocycles. The molecule has 23 heavy (non-hydrogen) atoms. The topological polar surface area (TPSA) is 58.2 Å². The summed E-state index contributed by atoms with van der Waals surface area (Å²) in [4.78, 5) is 23.6. The minimum atomic E-state index is -0.0606. The van der Waals surface area contributed by atoms with Gasteiger partial charge in [-0.2, -0.15) is 0 Å². The predicted octanol–water partition coefficient (Wildman–Crippen LogP) is 2.96. The Kier molecular flexibility index (Phi) is 7.64. The van der Waals surface area contributed by atoms with E-state index < -0.39 is 0 Å². The van der Waals surface area contributed by atoms with Crippen LogP contribution in [-0.4, -0.2) is 24.4 Å². The Morgan fingerprint density at radius 1 is 0.957 bits per heavy atom. The fourth-order valence-corrected chi connectivity index (χ4v) is 3.05. The molecule has 1 aliphatic carbocycles. The molecule has 4 heteroatoms. The first kappa shape index (κ1) is 17.5. The molecule has 1 fully saturated rings. The zero-order valence-electron chi connectivity index (χ0n) is 13.9. The number of unbranched alkanes of at least 4 members (excludes halogenated alkanes) is 1. The fourth-order valence-electron chi connectivity index (χ4n) is 3.05. The van der Waals surface area contributed by atoms with Gasteiger partial charge in [0.2, 0.25) is 11.8 Å². The molecule has 0 radical (unpaired) electrons. The molecule has 0 spiro atoms. The van der Waals surface area contributed by atoms with Crippen LogP contribution in [0, 0.1) is 0 Å². The average molecular weight is 316 g/mol. The molecular formula is C19H28N2O2. The van der Waals surface area contributed by atoms with Crippen LogP contribution in [-0.2, 0) is 16.0 Å². The number of hydrogen-bond donors (Lipinski definition) is 2. The molecule has 2 amide bonds. The van der Waals surface area contributed by atoms with Gasteiger partial charge in [-0.25, -0.2) is 0 Å². The second-order valence-corrected chi connectivity index (χ2v) is 6.37. The van der Waals surface area contributed by atoms with Crippen LogP contribution in [0.5, 0.6) is 0 Å². The summed E-state index contributed by atoms with van der Waals surface area (Å²) in [6.45, 7) is 0.105. The zero-order valence-corrected chi connectivity index (χ0v) is 13.9. The molecule has 126 valence electrons. The number of benzene rings is 1. The van der Waals surface area contributed by atoms with Gasteiger partial charge in [0.1, 0.15) is 0 Å². The molecule has 2 rings (SSSR count). The molecule has 0 atom stereocenters. The van der Waals surface area contributed by atoms with E-state index in [1.807, 2.05) is 18.2 Å². The highest BCUT2D eigenvalue weighted by Gasteiger charge is 2.15. The van der Waals surface area contributed by atoms with Crippen LogP contribution in [0.3, 0.4) is 0 Å². The normalized spacial score (nSPS) is 15.1. The summed E-state index contributed by atoms with van der Waals surface area (Å²) >= 11 is 0. The van der Waals surface area contributed by atoms with E-state index in [9.17, 15) is 9.59 Å². The van der Waals surface area contributed by atoms with Crippen molar-refractivity contribution in [1.82, 2.24) is 10.6 Å². The number of rotatable bonds is 8. The van der Waals surface area contributed by atoms with E-state index in [4.69, 9.17) is 0 Å². The molecule has 0 saturated heterocycles. The van der Waals surface area contributed by atoms with E-state index in [2.05, 4.69) is 22.8 Å². The third-order valence-electron chi connectivity index (χ3n) is 4.38. The first-order valence-electron chi connectivity index (χ1n) is 8.84. The van der Waals surface area contributed by atoms with Crippen LogP contribution in [0.25, 0.3) is 0 Å². The Morgan fingerprint density at radius 3 is 2.43 bits per heavy atom. The Bertz CT molecular complexity index is 481. The van der Waals surface area contributed by atoms with E-state index in [-0.39, 0.29) is 18.4 Å². The lowest BCUT2D eigenvalue weighted by atomic mass is 9.95. The van der Waals surface area contributed by atoms with Gasteiger partial charge in [-0.05, 0) is 37.7 Å². The Hall–Kier alpha value is -1.84. The van der Waals surface area contributed by atoms with Gasteiger partial charge in [0, 0.05) is 12.5 Å². The standard InChI is InChI=1S/C19H28N2O2/c22-18(14-8-7-11-16-9-3-1-4-10-16)20-15-19(23)21-17-12-5-2-6-13-17/h1,3-4,9-10,17H,2,5-8,11-15H2,(H,20,22)(H,21,23). The Labute approximate surface area is 139 Å². The second kappa shape index (κ2) is 10.0. The zero-order chi connectivity index (χ0) is 16.3. The summed E-state index contributed by atoms with van der Waals surface area (Å²) in [6.07, 6.45) is 9.12. The molecule has 0 bridgehead atoms. The molecule has 2 N–H and O–H groups in total. The van der Waals surface area contributed by atoms with Crippen molar-refractivity contribution in [2.24, 2.45) is 0 Å². The van der Waals surface area contributed by atoms with E-state index in [0.29, 0.717) is 12.5 Å². The Morgan fingerprint density at radius 2 is 1.70 bits per heavy atom. The van der Waals surface area contributed by atoms with Crippen molar-refractivity contribution in [2.75, 3.05) is 6.54 Å². The maximum atomic E-state index is 11.8. The summed E-state index contributed by atoms with van der Waals surface area (Å²) in [7, 11) is 0. The SMILES string of the molecule is O=C(CCCCc1ccccc1)NCC(=O)NC1CCCCC1. The van der Waals surface area contributed by atoms with Gasteiger partial charge in [0.15, 0.2) is 0 Å². The summed E-state index contributed by atoms with van der Waals surface area (Å²) in [5.74, 6) is -0.0913. The number of amides is 2. The van der Waals surface area contributed by atoms with Crippen molar-refractivity contribution >= 4 is 11.8 Å². The van der Waals surface area contributed by atoms with Crippen molar-refractivity contribution in [3.05, 3.63) is 35.9 Å². The van der Waals surface area contributed by atoms with E-state index in [1.165, 1.54) is 24.8 Å². The van der Waals surface area contributed by atoms with Gasteiger partial charge in [-0.3, -0.25) is 9.59 Å². The van der Waals surface area contributed by atoms with Crippen LogP contribution in [0.2, 0.25) is 0 Å². The van der Waals surface area contributed by atoms with Crippen LogP contribution in [0.4, 0.5) is 0 Å². The molecule has 0 aliphatic heterocycles. The lowest BCUT2D eigenvalue weighted by Gasteiger charge is -2.22. The van der Waals surface area contributed by atoms with Gasteiger partial charge in [-0.1, -0.05) is 49.6 Å². The summed E-state index contributed by atoms with van der Waals surface area (Å²) in [5, 5.41) is 5.73. The molecule has 0 unspecified atom stereocenters. The van der Waals surface area contributed by atoms with E-state index in [0.717, 1.165) is 32.1 Å². The van der Waals surface area contributed by atoms with Crippen LogP contribution < -0.4 is 10.6 Å². The molecular weight excluding hydrogens is 288 g/mol. The van der Waals surface area contributed by atoms with Crippen LogP contribution in [0.15, 0.2) is 30.3 Å². The van der Waals surface area contributed by atoms with Crippen molar-refractivity contribution in [2.45, 2.75) is 63.8 Å². The minimum Gasteiger partial charge on any atom is -0.352 e. The third kappa shape index (κ3) is 7.31. The molecule has 1 aliphatic rings. The molecule has 4 nitrogen and oxygen atoms in total. The maximum absolute atomic E-state index is 11.8. The highest BCUT2D eigenvalue weighted by molar-refractivity contribution is 5.84. The second-order valence-electron chi connectivity index (χ2n) is 6.37. The number of carbonyl (C=O) groups is 2. The number of carbonyl (C=O) groups excluding carboxylic acids is 2. The summed E-state index contributed by atoms with van der Waals surface area (Å²) < 4.78 is 0. The highest BCUT2D eigenvalue weighted by Crippen LogP contribution is 2.17. The van der Waals surface area contributed by atoms with Crippen LogP contribution >= 0.6 is 0 Å². The van der Waals surface area contributed by atoms with Crippen molar-refractivity contribution in [3.63, 3.8) is 0 Å². The molecule has 1 aromatic carbocycles. The Balaban J connectivity index is 1.51. The summed E-state index contributed by atoms with van der Waals surface area (Å²) in [6, 6.07) is 10.6. The monoisotopic (exact) mass is 316 g/mol. The van der Waals surface area contributed by atoms with Crippen molar-refractivity contribution in [3.8, 4) is 0 Å². The number of hydrogen-bond acceptors (Lipinski definition) is 2. The van der Waals surface area contributed by atoms with Gasteiger partial charge >= 0.3 is 0 Å². The average Bonchev–Trinajstić information content (AvgIpc) is 2.59. The van der Waals surface area contributed by atoms with E-state index >= 15 is 0 Å². The summed E-state index contributed by atoms with van der Waals surface area (Å²) in [5.41, 5.74) is 1.31. The largest absolute Gasteiger partial charge is 0.352 e. The first-order valence-corrected chi connectivity index (χ1v) is 8.84. The number of nitrogens with one attached hydrogen (secondary N) is 2. The third-order valence-corrected chi connectivity index (χ3v) is 4.38. The smallest absolute Gasteiger partial charge is 0.239 e. The quantitative estimate of drug-likeness (QED) is 0.724. The van der Waals surface area contributed by atoms with Crippen LogP contribution in [0.1, 0.15) is 56.9 Å². The van der Waals surface area contributed by atoms with Gasteiger partial charge < -0.3 is 10.6 Å². The fraction of sp³-hybridized carbons (Fsp3) is 0.579. The molecule has 1 saturated carbocycles. The highest BCUT2D eigenvalue weighted by atomic mass is 16.2. The number of aryl methyl sites for hydroxylation is 1. The van der Waals surface area contributed by atoms with Crippen molar-refractivity contribution < 1.29 is 9.59 Å². The van der Waals surface area contributed by atoms with Gasteiger partial charge in [0.05, 0.1) is 6.54 Å². The first-order chi connectivity index (χ1) is 11.2. The molecule has 0 heterocycles. The molecule has 1 aromatic rings. The maximum Gasteiger partial charge on any atom is 0.239 e. The van der Waals surface area contributed by atoms with E-state index in [1.54, 1.807) is 0 Å². The lowest BCUT2D eigenvalue weighted by Crippen LogP contribution is -2.42. The lowest BCUT2D eigenvalue weighted by molar-refractivity contribution is -0.126. The van der Waals surface area contributed by atoms with Crippen molar-refractivity contribution in [1.29, 1.82) is 0 Å². The predicted molar refractivity (Wildman–Crippen MR) is 92.0 cm³/mol. The minimum absolute atomic E-state index is 0.0307. The van der Waals surface area contributed by atoms with Gasteiger partial charge in [0.25, 0.3) is 0 Å². The van der Waals surface area contributed by atoms with Gasteiger partial charge in [-0.15, -0.1) is 0 Å².